The molecule has 0 aliphatic carbocycles. The van der Waals surface area contributed by atoms with Crippen LogP contribution in [0.3, 0.4) is 0 Å². The van der Waals surface area contributed by atoms with Gasteiger partial charge in [-0.05, 0) is 45.2 Å². The van der Waals surface area contributed by atoms with Crippen LogP contribution in [0.15, 0.2) is 12.4 Å². The van der Waals surface area contributed by atoms with E-state index in [0.717, 1.165) is 38.3 Å². The van der Waals surface area contributed by atoms with Gasteiger partial charge in [-0.2, -0.15) is 5.10 Å². The third-order valence-electron chi connectivity index (χ3n) is 3.99. The number of ether oxygens (including phenoxy) is 1. The monoisotopic (exact) mass is 264 g/mol. The SMILES string of the molecule is c1nn(CC2CCCO2)cc1NC1CCCNCC1. The van der Waals surface area contributed by atoms with Crippen LogP contribution in [0, 0.1) is 0 Å². The molecule has 106 valence electrons. The molecule has 2 N–H and O–H groups in total. The predicted molar refractivity (Wildman–Crippen MR) is 75.3 cm³/mol. The molecule has 0 spiro atoms. The van der Waals surface area contributed by atoms with E-state index in [2.05, 4.69) is 21.9 Å². The molecule has 5 heteroatoms. The Morgan fingerprint density at radius 2 is 2.32 bits per heavy atom. The number of nitrogens with one attached hydrogen (secondary N) is 2. The zero-order valence-corrected chi connectivity index (χ0v) is 11.5. The lowest BCUT2D eigenvalue weighted by atomic mass is 10.1. The normalized spacial score (nSPS) is 28.2. The van der Waals surface area contributed by atoms with Crippen LogP contribution in [0.25, 0.3) is 0 Å². The maximum Gasteiger partial charge on any atom is 0.0771 e. The second-order valence-corrected chi connectivity index (χ2v) is 5.61. The molecular formula is C14H24N4O. The van der Waals surface area contributed by atoms with Gasteiger partial charge in [0.25, 0.3) is 0 Å². The highest BCUT2D eigenvalue weighted by molar-refractivity contribution is 5.39. The summed E-state index contributed by atoms with van der Waals surface area (Å²) < 4.78 is 7.65. The number of aromatic nitrogens is 2. The van der Waals surface area contributed by atoms with Crippen LogP contribution in [-0.4, -0.2) is 41.6 Å². The molecule has 2 aliphatic heterocycles. The van der Waals surface area contributed by atoms with Gasteiger partial charge in [-0.25, -0.2) is 0 Å². The first-order valence-corrected chi connectivity index (χ1v) is 7.51. The van der Waals surface area contributed by atoms with Gasteiger partial charge in [0, 0.05) is 18.8 Å². The lowest BCUT2D eigenvalue weighted by Crippen LogP contribution is -2.21. The lowest BCUT2D eigenvalue weighted by molar-refractivity contribution is 0.0940. The third kappa shape index (κ3) is 3.70. The molecular weight excluding hydrogens is 240 g/mol. The summed E-state index contributed by atoms with van der Waals surface area (Å²) in [5, 5.41) is 11.5. The van der Waals surface area contributed by atoms with Gasteiger partial charge in [0.1, 0.15) is 0 Å². The van der Waals surface area contributed by atoms with Crippen molar-refractivity contribution in [2.24, 2.45) is 0 Å². The number of hydrogen-bond acceptors (Lipinski definition) is 4. The van der Waals surface area contributed by atoms with Crippen molar-refractivity contribution < 1.29 is 4.74 Å². The van der Waals surface area contributed by atoms with Crippen molar-refractivity contribution in [2.45, 2.75) is 50.8 Å². The quantitative estimate of drug-likeness (QED) is 0.867. The van der Waals surface area contributed by atoms with E-state index in [1.807, 2.05) is 10.9 Å². The molecule has 2 unspecified atom stereocenters. The molecule has 0 radical (unpaired) electrons. The molecule has 0 bridgehead atoms. The summed E-state index contributed by atoms with van der Waals surface area (Å²) in [6, 6.07) is 0.579. The molecule has 2 aliphatic rings. The minimum absolute atomic E-state index is 0.356. The zero-order valence-electron chi connectivity index (χ0n) is 11.5. The van der Waals surface area contributed by atoms with E-state index in [1.54, 1.807) is 0 Å². The fraction of sp³-hybridized carbons (Fsp3) is 0.786. The largest absolute Gasteiger partial charge is 0.380 e. The molecule has 19 heavy (non-hydrogen) atoms. The van der Waals surface area contributed by atoms with Crippen molar-refractivity contribution in [2.75, 3.05) is 25.0 Å². The summed E-state index contributed by atoms with van der Waals surface area (Å²) >= 11 is 0. The molecule has 2 atom stereocenters. The van der Waals surface area contributed by atoms with Crippen LogP contribution in [0.1, 0.15) is 32.1 Å². The second kappa shape index (κ2) is 6.39. The van der Waals surface area contributed by atoms with E-state index < -0.39 is 0 Å². The molecule has 1 aromatic rings. The van der Waals surface area contributed by atoms with Crippen molar-refractivity contribution in [1.29, 1.82) is 0 Å². The first-order chi connectivity index (χ1) is 9.40. The molecule has 0 aromatic carbocycles. The zero-order chi connectivity index (χ0) is 12.9. The standard InChI is InChI=1S/C14H24N4O/c1-3-12(5-7-15-6-1)17-13-9-16-18(10-13)11-14-4-2-8-19-14/h9-10,12,14-15,17H,1-8,11H2. The van der Waals surface area contributed by atoms with Gasteiger partial charge >= 0.3 is 0 Å². The Labute approximate surface area is 114 Å². The summed E-state index contributed by atoms with van der Waals surface area (Å²) in [6.07, 6.45) is 10.4. The van der Waals surface area contributed by atoms with Gasteiger partial charge in [-0.15, -0.1) is 0 Å². The van der Waals surface area contributed by atoms with Crippen LogP contribution >= 0.6 is 0 Å². The number of nitrogens with zero attached hydrogens (tertiary/aromatic N) is 2. The van der Waals surface area contributed by atoms with Gasteiger partial charge in [-0.3, -0.25) is 4.68 Å². The third-order valence-corrected chi connectivity index (χ3v) is 3.99. The summed E-state index contributed by atoms with van der Waals surface area (Å²) in [4.78, 5) is 0. The average Bonchev–Trinajstić information content (AvgIpc) is 2.99. The van der Waals surface area contributed by atoms with E-state index in [-0.39, 0.29) is 0 Å². The van der Waals surface area contributed by atoms with Gasteiger partial charge in [0.05, 0.1) is 24.5 Å². The molecule has 0 amide bonds. The summed E-state index contributed by atoms with van der Waals surface area (Å²) in [6.45, 7) is 4.05. The van der Waals surface area contributed by atoms with Crippen LogP contribution in [0.5, 0.6) is 0 Å². The Balaban J connectivity index is 1.51. The number of anilines is 1. The topological polar surface area (TPSA) is 51.1 Å². The fourth-order valence-electron chi connectivity index (χ4n) is 2.93. The average molecular weight is 264 g/mol. The molecule has 1 aromatic heterocycles. The van der Waals surface area contributed by atoms with Gasteiger partial charge in [0.2, 0.25) is 0 Å². The van der Waals surface area contributed by atoms with Crippen molar-refractivity contribution in [1.82, 2.24) is 15.1 Å². The fourth-order valence-corrected chi connectivity index (χ4v) is 2.93. The van der Waals surface area contributed by atoms with E-state index >= 15 is 0 Å². The van der Waals surface area contributed by atoms with Crippen molar-refractivity contribution >= 4 is 5.69 Å². The van der Waals surface area contributed by atoms with E-state index in [0.29, 0.717) is 12.1 Å². The van der Waals surface area contributed by atoms with Crippen molar-refractivity contribution in [3.63, 3.8) is 0 Å². The van der Waals surface area contributed by atoms with Gasteiger partial charge < -0.3 is 15.4 Å². The van der Waals surface area contributed by atoms with Crippen molar-refractivity contribution in [3.05, 3.63) is 12.4 Å². The first-order valence-electron chi connectivity index (χ1n) is 7.51. The Kier molecular flexibility index (Phi) is 4.35. The molecule has 3 heterocycles. The highest BCUT2D eigenvalue weighted by Crippen LogP contribution is 2.16. The maximum atomic E-state index is 5.64. The Bertz CT molecular complexity index is 379. The van der Waals surface area contributed by atoms with E-state index in [9.17, 15) is 0 Å². The van der Waals surface area contributed by atoms with Crippen LogP contribution < -0.4 is 10.6 Å². The molecule has 5 nitrogen and oxygen atoms in total. The molecule has 2 saturated heterocycles. The first kappa shape index (κ1) is 12.9. The number of rotatable bonds is 4. The minimum atomic E-state index is 0.356. The van der Waals surface area contributed by atoms with Crippen LogP contribution in [0.4, 0.5) is 5.69 Å². The van der Waals surface area contributed by atoms with Gasteiger partial charge in [-0.1, -0.05) is 0 Å². The lowest BCUT2D eigenvalue weighted by Gasteiger charge is -2.15. The highest BCUT2D eigenvalue weighted by Gasteiger charge is 2.17. The molecule has 2 fully saturated rings. The summed E-state index contributed by atoms with van der Waals surface area (Å²) in [5.74, 6) is 0. The smallest absolute Gasteiger partial charge is 0.0771 e. The van der Waals surface area contributed by atoms with Crippen LogP contribution in [0.2, 0.25) is 0 Å². The summed E-state index contributed by atoms with van der Waals surface area (Å²) in [7, 11) is 0. The van der Waals surface area contributed by atoms with Gasteiger partial charge in [0.15, 0.2) is 0 Å². The predicted octanol–water partition coefficient (Wildman–Crippen LogP) is 1.62. The highest BCUT2D eigenvalue weighted by atomic mass is 16.5. The number of hydrogen-bond donors (Lipinski definition) is 2. The maximum absolute atomic E-state index is 5.64. The summed E-state index contributed by atoms with van der Waals surface area (Å²) in [5.41, 5.74) is 1.14. The minimum Gasteiger partial charge on any atom is -0.380 e. The Hall–Kier alpha value is -1.07. The van der Waals surface area contributed by atoms with Crippen LogP contribution in [-0.2, 0) is 11.3 Å². The Morgan fingerprint density at radius 1 is 1.32 bits per heavy atom. The second-order valence-electron chi connectivity index (χ2n) is 5.61. The van der Waals surface area contributed by atoms with E-state index in [1.165, 1.54) is 25.7 Å². The van der Waals surface area contributed by atoms with E-state index in [4.69, 9.17) is 4.74 Å². The Morgan fingerprint density at radius 3 is 3.21 bits per heavy atom. The molecule has 0 saturated carbocycles. The molecule has 3 rings (SSSR count). The van der Waals surface area contributed by atoms with Crippen molar-refractivity contribution in [3.8, 4) is 0 Å².